The van der Waals surface area contributed by atoms with Crippen LogP contribution in [-0.2, 0) is 9.53 Å². The van der Waals surface area contributed by atoms with Gasteiger partial charge in [-0.2, -0.15) is 0 Å². The topological polar surface area (TPSA) is 70.1 Å². The Bertz CT molecular complexity index is 368. The Hall–Kier alpha value is -1.30. The fourth-order valence-electron chi connectivity index (χ4n) is 3.21. The van der Waals surface area contributed by atoms with E-state index in [2.05, 4.69) is 0 Å². The molecule has 2 unspecified atom stereocenters. The van der Waals surface area contributed by atoms with Crippen LogP contribution in [0, 0.1) is 5.92 Å². The van der Waals surface area contributed by atoms with Gasteiger partial charge in [0.05, 0.1) is 0 Å². The molecule has 2 amide bonds. The van der Waals surface area contributed by atoms with Crippen molar-refractivity contribution in [3.05, 3.63) is 0 Å². The van der Waals surface area contributed by atoms with Crippen molar-refractivity contribution in [3.8, 4) is 0 Å². The third-order valence-electron chi connectivity index (χ3n) is 4.47. The molecule has 0 aromatic carbocycles. The standard InChI is InChI=1S/C14H24N2O4/c1-10-4-3-7-16(12(10)13(17)18)14(19)15(2)11-5-8-20-9-6-11/h10-12H,3-9H2,1-2H3,(H,17,18). The van der Waals surface area contributed by atoms with Crippen molar-refractivity contribution < 1.29 is 19.4 Å². The van der Waals surface area contributed by atoms with E-state index in [4.69, 9.17) is 4.74 Å². The zero-order chi connectivity index (χ0) is 14.7. The largest absolute Gasteiger partial charge is 0.480 e. The molecule has 2 fully saturated rings. The SMILES string of the molecule is CC1CCCN(C(=O)N(C)C2CCOCC2)C1C(=O)O. The van der Waals surface area contributed by atoms with Crippen molar-refractivity contribution in [1.29, 1.82) is 0 Å². The van der Waals surface area contributed by atoms with Gasteiger partial charge in [-0.25, -0.2) is 9.59 Å². The predicted molar refractivity (Wildman–Crippen MR) is 73.5 cm³/mol. The molecule has 0 aromatic rings. The van der Waals surface area contributed by atoms with Gasteiger partial charge in [-0.3, -0.25) is 0 Å². The molecular formula is C14H24N2O4. The number of carbonyl (C=O) groups is 2. The van der Waals surface area contributed by atoms with E-state index < -0.39 is 12.0 Å². The van der Waals surface area contributed by atoms with Crippen LogP contribution in [0.2, 0.25) is 0 Å². The molecule has 0 aromatic heterocycles. The Morgan fingerprint density at radius 1 is 1.25 bits per heavy atom. The van der Waals surface area contributed by atoms with Crippen molar-refractivity contribution in [1.82, 2.24) is 9.80 Å². The summed E-state index contributed by atoms with van der Waals surface area (Å²) in [5.41, 5.74) is 0. The van der Waals surface area contributed by atoms with E-state index in [0.29, 0.717) is 19.8 Å². The number of aliphatic carboxylic acids is 1. The minimum Gasteiger partial charge on any atom is -0.480 e. The van der Waals surface area contributed by atoms with E-state index in [1.165, 1.54) is 4.90 Å². The Balaban J connectivity index is 2.07. The fraction of sp³-hybridized carbons (Fsp3) is 0.857. The molecule has 2 aliphatic rings. The minimum absolute atomic E-state index is 0.00768. The van der Waals surface area contributed by atoms with E-state index in [0.717, 1.165) is 25.7 Å². The average molecular weight is 284 g/mol. The number of urea groups is 1. The maximum absolute atomic E-state index is 12.6. The van der Waals surface area contributed by atoms with Gasteiger partial charge in [-0.05, 0) is 31.6 Å². The number of ether oxygens (including phenoxy) is 1. The maximum Gasteiger partial charge on any atom is 0.326 e. The maximum atomic E-state index is 12.6. The van der Waals surface area contributed by atoms with Gasteiger partial charge in [0.2, 0.25) is 0 Å². The second-order valence-corrected chi connectivity index (χ2v) is 5.83. The first-order valence-electron chi connectivity index (χ1n) is 7.36. The van der Waals surface area contributed by atoms with E-state index in [9.17, 15) is 14.7 Å². The van der Waals surface area contributed by atoms with Crippen molar-refractivity contribution >= 4 is 12.0 Å². The first-order chi connectivity index (χ1) is 9.52. The lowest BCUT2D eigenvalue weighted by Crippen LogP contribution is -2.57. The smallest absolute Gasteiger partial charge is 0.326 e. The third kappa shape index (κ3) is 3.06. The van der Waals surface area contributed by atoms with Gasteiger partial charge in [0.25, 0.3) is 0 Å². The zero-order valence-corrected chi connectivity index (χ0v) is 12.2. The van der Waals surface area contributed by atoms with Crippen LogP contribution >= 0.6 is 0 Å². The lowest BCUT2D eigenvalue weighted by Gasteiger charge is -2.41. The van der Waals surface area contributed by atoms with Crippen molar-refractivity contribution in [2.75, 3.05) is 26.8 Å². The lowest BCUT2D eigenvalue weighted by molar-refractivity contribution is -0.145. The molecule has 0 radical (unpaired) electrons. The number of amides is 2. The summed E-state index contributed by atoms with van der Waals surface area (Å²) < 4.78 is 5.31. The molecule has 0 bridgehead atoms. The molecule has 2 aliphatic heterocycles. The number of likely N-dealkylation sites (tertiary alicyclic amines) is 1. The summed E-state index contributed by atoms with van der Waals surface area (Å²) in [7, 11) is 1.77. The quantitative estimate of drug-likeness (QED) is 0.832. The Morgan fingerprint density at radius 3 is 2.50 bits per heavy atom. The van der Waals surface area contributed by atoms with Gasteiger partial charge in [0.15, 0.2) is 0 Å². The van der Waals surface area contributed by atoms with Crippen LogP contribution in [0.15, 0.2) is 0 Å². The number of nitrogens with zero attached hydrogens (tertiary/aromatic N) is 2. The molecule has 0 aliphatic carbocycles. The van der Waals surface area contributed by atoms with Crippen LogP contribution in [0.4, 0.5) is 4.79 Å². The highest BCUT2D eigenvalue weighted by atomic mass is 16.5. The summed E-state index contributed by atoms with van der Waals surface area (Å²) in [5.74, 6) is -0.890. The minimum atomic E-state index is -0.897. The van der Waals surface area contributed by atoms with E-state index in [1.54, 1.807) is 11.9 Å². The summed E-state index contributed by atoms with van der Waals surface area (Å²) in [5, 5.41) is 9.39. The number of rotatable bonds is 2. The van der Waals surface area contributed by atoms with Crippen molar-refractivity contribution in [2.45, 2.75) is 44.7 Å². The molecule has 2 heterocycles. The number of carbonyl (C=O) groups excluding carboxylic acids is 1. The lowest BCUT2D eigenvalue weighted by atomic mass is 9.91. The highest BCUT2D eigenvalue weighted by Crippen LogP contribution is 2.25. The highest BCUT2D eigenvalue weighted by molar-refractivity contribution is 5.83. The monoisotopic (exact) mass is 284 g/mol. The van der Waals surface area contributed by atoms with E-state index in [-0.39, 0.29) is 18.0 Å². The summed E-state index contributed by atoms with van der Waals surface area (Å²) >= 11 is 0. The Labute approximate surface area is 119 Å². The molecular weight excluding hydrogens is 260 g/mol. The molecule has 2 atom stereocenters. The fourth-order valence-corrected chi connectivity index (χ4v) is 3.21. The van der Waals surface area contributed by atoms with Gasteiger partial charge < -0.3 is 19.6 Å². The molecule has 2 rings (SSSR count). The second-order valence-electron chi connectivity index (χ2n) is 5.83. The van der Waals surface area contributed by atoms with Gasteiger partial charge in [0.1, 0.15) is 6.04 Å². The molecule has 6 heteroatoms. The molecule has 2 saturated heterocycles. The normalized spacial score (nSPS) is 28.2. The Kier molecular flexibility index (Phi) is 4.86. The molecule has 0 saturated carbocycles. The highest BCUT2D eigenvalue weighted by Gasteiger charge is 2.39. The average Bonchev–Trinajstić information content (AvgIpc) is 2.46. The summed E-state index contributed by atoms with van der Waals surface area (Å²) in [6, 6.07) is -0.697. The third-order valence-corrected chi connectivity index (χ3v) is 4.47. The second kappa shape index (κ2) is 6.43. The van der Waals surface area contributed by atoms with E-state index >= 15 is 0 Å². The van der Waals surface area contributed by atoms with Crippen molar-refractivity contribution in [2.24, 2.45) is 5.92 Å². The zero-order valence-electron chi connectivity index (χ0n) is 12.2. The van der Waals surface area contributed by atoms with Crippen LogP contribution < -0.4 is 0 Å². The van der Waals surface area contributed by atoms with Crippen LogP contribution in [0.3, 0.4) is 0 Å². The van der Waals surface area contributed by atoms with Crippen LogP contribution in [0.5, 0.6) is 0 Å². The Morgan fingerprint density at radius 2 is 1.90 bits per heavy atom. The molecule has 20 heavy (non-hydrogen) atoms. The number of hydrogen-bond acceptors (Lipinski definition) is 3. The van der Waals surface area contributed by atoms with Gasteiger partial charge in [0, 0.05) is 32.8 Å². The van der Waals surface area contributed by atoms with E-state index in [1.807, 2.05) is 6.92 Å². The van der Waals surface area contributed by atoms with Crippen LogP contribution in [-0.4, -0.2) is 65.8 Å². The summed E-state index contributed by atoms with van der Waals surface area (Å²) in [4.78, 5) is 27.3. The number of hydrogen-bond donors (Lipinski definition) is 1. The molecule has 1 N–H and O–H groups in total. The first kappa shape index (κ1) is 15.1. The molecule has 114 valence electrons. The number of carboxylic acid groups (broad SMARTS) is 1. The summed E-state index contributed by atoms with van der Waals surface area (Å²) in [6.45, 7) is 3.78. The molecule has 0 spiro atoms. The number of piperidine rings is 1. The predicted octanol–water partition coefficient (Wildman–Crippen LogP) is 1.40. The number of carboxylic acids is 1. The van der Waals surface area contributed by atoms with Crippen molar-refractivity contribution in [3.63, 3.8) is 0 Å². The molecule has 6 nitrogen and oxygen atoms in total. The van der Waals surface area contributed by atoms with Crippen LogP contribution in [0.1, 0.15) is 32.6 Å². The van der Waals surface area contributed by atoms with Crippen LogP contribution in [0.25, 0.3) is 0 Å². The first-order valence-corrected chi connectivity index (χ1v) is 7.36. The van der Waals surface area contributed by atoms with Gasteiger partial charge >= 0.3 is 12.0 Å². The summed E-state index contributed by atoms with van der Waals surface area (Å²) in [6.07, 6.45) is 3.38. The van der Waals surface area contributed by atoms with Gasteiger partial charge in [-0.1, -0.05) is 6.92 Å². The van der Waals surface area contributed by atoms with Gasteiger partial charge in [-0.15, -0.1) is 0 Å².